The third kappa shape index (κ3) is 11.7. The zero-order valence-electron chi connectivity index (χ0n) is 12.6. The fraction of sp³-hybridized carbons (Fsp3) is 0.812. The summed E-state index contributed by atoms with van der Waals surface area (Å²) in [4.78, 5) is 11.4. The highest BCUT2D eigenvalue weighted by Crippen LogP contribution is 2.12. The molecule has 18 heavy (non-hydrogen) atoms. The van der Waals surface area contributed by atoms with Crippen LogP contribution in [-0.2, 0) is 9.53 Å². The molecule has 0 aromatic carbocycles. The highest BCUT2D eigenvalue weighted by Gasteiger charge is 2.05. The van der Waals surface area contributed by atoms with Crippen molar-refractivity contribution in [2.24, 2.45) is 5.92 Å². The fourth-order valence-electron chi connectivity index (χ4n) is 1.77. The van der Waals surface area contributed by atoms with Gasteiger partial charge in [-0.2, -0.15) is 0 Å². The van der Waals surface area contributed by atoms with Crippen LogP contribution in [-0.4, -0.2) is 12.6 Å². The van der Waals surface area contributed by atoms with Crippen molar-refractivity contribution in [3.05, 3.63) is 11.6 Å². The maximum Gasteiger partial charge on any atom is 0.305 e. The van der Waals surface area contributed by atoms with E-state index in [0.29, 0.717) is 18.9 Å². The van der Waals surface area contributed by atoms with Gasteiger partial charge in [-0.3, -0.25) is 4.79 Å². The van der Waals surface area contributed by atoms with Gasteiger partial charge in [-0.05, 0) is 45.4 Å². The van der Waals surface area contributed by atoms with Crippen LogP contribution in [0.25, 0.3) is 0 Å². The highest BCUT2D eigenvalue weighted by atomic mass is 16.5. The molecule has 0 spiro atoms. The Hall–Kier alpha value is -0.790. The van der Waals surface area contributed by atoms with Gasteiger partial charge in [-0.15, -0.1) is 0 Å². The monoisotopic (exact) mass is 254 g/mol. The SMILES string of the molecule is CCCCCC(=O)OCCC(C)CCC=C(C)C. The molecule has 0 aromatic rings. The zero-order chi connectivity index (χ0) is 13.8. The third-order valence-corrected chi connectivity index (χ3v) is 3.07. The molecule has 0 aliphatic carbocycles. The average molecular weight is 254 g/mol. The molecule has 0 fully saturated rings. The van der Waals surface area contributed by atoms with Crippen molar-refractivity contribution in [3.63, 3.8) is 0 Å². The molecule has 0 saturated heterocycles. The predicted molar refractivity (Wildman–Crippen MR) is 77.5 cm³/mol. The van der Waals surface area contributed by atoms with Crippen LogP contribution >= 0.6 is 0 Å². The number of unbranched alkanes of at least 4 members (excludes halogenated alkanes) is 2. The van der Waals surface area contributed by atoms with Gasteiger partial charge < -0.3 is 4.74 Å². The lowest BCUT2D eigenvalue weighted by atomic mass is 10.0. The second kappa shape index (κ2) is 11.3. The Morgan fingerprint density at radius 1 is 1.22 bits per heavy atom. The number of carbonyl (C=O) groups excluding carboxylic acids is 1. The molecular weight excluding hydrogens is 224 g/mol. The Labute approximate surface area is 113 Å². The molecule has 0 radical (unpaired) electrons. The summed E-state index contributed by atoms with van der Waals surface area (Å²) >= 11 is 0. The molecule has 0 heterocycles. The number of ether oxygens (including phenoxy) is 1. The van der Waals surface area contributed by atoms with Gasteiger partial charge in [0.2, 0.25) is 0 Å². The van der Waals surface area contributed by atoms with Crippen molar-refractivity contribution in [1.29, 1.82) is 0 Å². The summed E-state index contributed by atoms with van der Waals surface area (Å²) in [6, 6.07) is 0. The van der Waals surface area contributed by atoms with E-state index in [2.05, 4.69) is 33.8 Å². The van der Waals surface area contributed by atoms with Crippen LogP contribution in [0, 0.1) is 5.92 Å². The Bertz CT molecular complexity index is 239. The second-order valence-electron chi connectivity index (χ2n) is 5.43. The topological polar surface area (TPSA) is 26.3 Å². The number of esters is 1. The zero-order valence-corrected chi connectivity index (χ0v) is 12.6. The van der Waals surface area contributed by atoms with Crippen LogP contribution in [0.1, 0.15) is 72.6 Å². The first-order chi connectivity index (χ1) is 8.56. The van der Waals surface area contributed by atoms with Gasteiger partial charge in [0.15, 0.2) is 0 Å². The molecule has 0 aliphatic heterocycles. The van der Waals surface area contributed by atoms with Crippen LogP contribution < -0.4 is 0 Å². The number of hydrogen-bond donors (Lipinski definition) is 0. The maximum absolute atomic E-state index is 11.4. The van der Waals surface area contributed by atoms with Gasteiger partial charge in [0.05, 0.1) is 6.61 Å². The van der Waals surface area contributed by atoms with E-state index in [4.69, 9.17) is 4.74 Å². The lowest BCUT2D eigenvalue weighted by Gasteiger charge is -2.10. The minimum atomic E-state index is -0.0278. The van der Waals surface area contributed by atoms with Gasteiger partial charge in [0, 0.05) is 6.42 Å². The van der Waals surface area contributed by atoms with Crippen molar-refractivity contribution in [1.82, 2.24) is 0 Å². The van der Waals surface area contributed by atoms with E-state index in [9.17, 15) is 4.79 Å². The quantitative estimate of drug-likeness (QED) is 0.315. The lowest BCUT2D eigenvalue weighted by molar-refractivity contribution is -0.144. The smallest absolute Gasteiger partial charge is 0.305 e. The van der Waals surface area contributed by atoms with E-state index in [0.717, 1.165) is 32.1 Å². The molecule has 106 valence electrons. The van der Waals surface area contributed by atoms with Crippen molar-refractivity contribution in [2.75, 3.05) is 6.61 Å². The molecule has 0 aliphatic rings. The molecule has 2 nitrogen and oxygen atoms in total. The van der Waals surface area contributed by atoms with E-state index in [1.807, 2.05) is 0 Å². The van der Waals surface area contributed by atoms with E-state index in [-0.39, 0.29) is 5.97 Å². The number of hydrogen-bond acceptors (Lipinski definition) is 2. The van der Waals surface area contributed by atoms with Crippen LogP contribution in [0.2, 0.25) is 0 Å². The minimum absolute atomic E-state index is 0.0278. The Balaban J connectivity index is 3.46. The summed E-state index contributed by atoms with van der Waals surface area (Å²) < 4.78 is 5.23. The largest absolute Gasteiger partial charge is 0.466 e. The van der Waals surface area contributed by atoms with Gasteiger partial charge in [-0.1, -0.05) is 38.3 Å². The first-order valence-electron chi connectivity index (χ1n) is 7.35. The number of allylic oxidation sites excluding steroid dienone is 2. The molecule has 0 saturated carbocycles. The summed E-state index contributed by atoms with van der Waals surface area (Å²) in [6.45, 7) is 9.20. The number of rotatable bonds is 10. The predicted octanol–water partition coefficient (Wildman–Crippen LogP) is 4.88. The van der Waals surface area contributed by atoms with Crippen molar-refractivity contribution >= 4 is 5.97 Å². The summed E-state index contributed by atoms with van der Waals surface area (Å²) in [6.07, 6.45) is 9.38. The normalized spacial score (nSPS) is 12.0. The summed E-state index contributed by atoms with van der Waals surface area (Å²) in [7, 11) is 0. The molecule has 0 aromatic heterocycles. The molecule has 1 atom stereocenters. The van der Waals surface area contributed by atoms with E-state index >= 15 is 0 Å². The Morgan fingerprint density at radius 3 is 2.56 bits per heavy atom. The summed E-state index contributed by atoms with van der Waals surface area (Å²) in [5, 5.41) is 0. The molecule has 0 bridgehead atoms. The van der Waals surface area contributed by atoms with E-state index < -0.39 is 0 Å². The number of carbonyl (C=O) groups is 1. The first-order valence-corrected chi connectivity index (χ1v) is 7.35. The maximum atomic E-state index is 11.4. The Morgan fingerprint density at radius 2 is 1.94 bits per heavy atom. The van der Waals surface area contributed by atoms with Gasteiger partial charge in [0.25, 0.3) is 0 Å². The van der Waals surface area contributed by atoms with Crippen molar-refractivity contribution in [3.8, 4) is 0 Å². The van der Waals surface area contributed by atoms with E-state index in [1.165, 1.54) is 12.0 Å². The van der Waals surface area contributed by atoms with Crippen molar-refractivity contribution < 1.29 is 9.53 Å². The van der Waals surface area contributed by atoms with Crippen molar-refractivity contribution in [2.45, 2.75) is 72.6 Å². The molecule has 0 N–H and O–H groups in total. The van der Waals surface area contributed by atoms with Gasteiger partial charge in [0.1, 0.15) is 0 Å². The van der Waals surface area contributed by atoms with Crippen LogP contribution in [0.5, 0.6) is 0 Å². The van der Waals surface area contributed by atoms with Crippen LogP contribution in [0.3, 0.4) is 0 Å². The molecule has 1 unspecified atom stereocenters. The third-order valence-electron chi connectivity index (χ3n) is 3.07. The molecular formula is C16H30O2. The lowest BCUT2D eigenvalue weighted by Crippen LogP contribution is -2.08. The van der Waals surface area contributed by atoms with E-state index in [1.54, 1.807) is 0 Å². The minimum Gasteiger partial charge on any atom is -0.466 e. The second-order valence-corrected chi connectivity index (χ2v) is 5.43. The van der Waals surface area contributed by atoms with Crippen LogP contribution in [0.4, 0.5) is 0 Å². The van der Waals surface area contributed by atoms with Crippen LogP contribution in [0.15, 0.2) is 11.6 Å². The molecule has 0 amide bonds. The summed E-state index contributed by atoms with van der Waals surface area (Å²) in [5.74, 6) is 0.601. The Kier molecular flexibility index (Phi) is 10.8. The highest BCUT2D eigenvalue weighted by molar-refractivity contribution is 5.69. The van der Waals surface area contributed by atoms with Gasteiger partial charge in [-0.25, -0.2) is 0 Å². The fourth-order valence-corrected chi connectivity index (χ4v) is 1.77. The molecule has 0 rings (SSSR count). The van der Waals surface area contributed by atoms with Gasteiger partial charge >= 0.3 is 5.97 Å². The standard InChI is InChI=1S/C16H30O2/c1-5-6-7-11-16(17)18-13-12-15(4)10-8-9-14(2)3/h9,15H,5-8,10-13H2,1-4H3. The molecule has 2 heteroatoms. The summed E-state index contributed by atoms with van der Waals surface area (Å²) in [5.41, 5.74) is 1.38. The first kappa shape index (κ1) is 17.2. The average Bonchev–Trinajstić information content (AvgIpc) is 2.29.